The maximum absolute atomic E-state index is 13.7. The molecule has 0 saturated heterocycles. The van der Waals surface area contributed by atoms with Crippen LogP contribution in [0.1, 0.15) is 51.9 Å². The molecule has 0 unspecified atom stereocenters. The summed E-state index contributed by atoms with van der Waals surface area (Å²) in [6.45, 7) is 2.67. The van der Waals surface area contributed by atoms with Crippen molar-refractivity contribution in [1.82, 2.24) is 25.1 Å². The molecule has 2 aliphatic rings. The van der Waals surface area contributed by atoms with Crippen LogP contribution in [0.5, 0.6) is 5.75 Å². The highest BCUT2D eigenvalue weighted by Crippen LogP contribution is 2.38. The number of methoxy groups -OCH3 is 1. The Morgan fingerprint density at radius 1 is 1.03 bits per heavy atom. The summed E-state index contributed by atoms with van der Waals surface area (Å²) in [6.07, 6.45) is 3.14. The van der Waals surface area contributed by atoms with Crippen molar-refractivity contribution in [3.8, 4) is 5.75 Å². The molecular weight excluding hydrogens is 458 g/mol. The summed E-state index contributed by atoms with van der Waals surface area (Å²) in [6, 6.07) is 17.0. The van der Waals surface area contributed by atoms with Gasteiger partial charge in [0.15, 0.2) is 5.69 Å². The normalized spacial score (nSPS) is 18.9. The van der Waals surface area contributed by atoms with E-state index in [1.807, 2.05) is 54.6 Å². The molecule has 0 bridgehead atoms. The fourth-order valence-corrected chi connectivity index (χ4v) is 4.70. The zero-order chi connectivity index (χ0) is 25.3. The third-order valence-electron chi connectivity index (χ3n) is 6.79. The van der Waals surface area contributed by atoms with E-state index in [0.717, 1.165) is 29.7 Å². The molecule has 2 aromatic carbocycles. The van der Waals surface area contributed by atoms with E-state index in [2.05, 4.69) is 15.6 Å². The van der Waals surface area contributed by atoms with Gasteiger partial charge in [0.2, 0.25) is 5.91 Å². The van der Waals surface area contributed by atoms with Gasteiger partial charge >= 0.3 is 0 Å². The van der Waals surface area contributed by atoms with E-state index in [1.54, 1.807) is 23.5 Å². The van der Waals surface area contributed by atoms with Crippen LogP contribution in [0, 0.1) is 0 Å². The zero-order valence-electron chi connectivity index (χ0n) is 20.4. The van der Waals surface area contributed by atoms with Crippen LogP contribution in [0.2, 0.25) is 0 Å². The van der Waals surface area contributed by atoms with Gasteiger partial charge < -0.3 is 24.8 Å². The smallest absolute Gasteiger partial charge is 0.274 e. The Balaban J connectivity index is 1.34. The molecule has 2 heterocycles. The quantitative estimate of drug-likeness (QED) is 0.508. The van der Waals surface area contributed by atoms with Crippen molar-refractivity contribution in [2.75, 3.05) is 7.11 Å². The van der Waals surface area contributed by atoms with Crippen LogP contribution in [-0.4, -0.2) is 50.9 Å². The average Bonchev–Trinajstić information content (AvgIpc) is 3.64. The van der Waals surface area contributed by atoms with Crippen molar-refractivity contribution >= 4 is 17.7 Å². The molecule has 3 amide bonds. The van der Waals surface area contributed by atoms with E-state index in [9.17, 15) is 14.4 Å². The predicted molar refractivity (Wildman–Crippen MR) is 132 cm³/mol. The fraction of sp³-hybridized carbons (Fsp3) is 0.333. The van der Waals surface area contributed by atoms with Crippen molar-refractivity contribution in [1.29, 1.82) is 0 Å². The third kappa shape index (κ3) is 4.44. The molecule has 1 aromatic heterocycles. The van der Waals surface area contributed by atoms with Crippen molar-refractivity contribution in [3.05, 3.63) is 83.4 Å². The number of carbonyl (C=O) groups is 3. The van der Waals surface area contributed by atoms with Gasteiger partial charge in [0.25, 0.3) is 11.8 Å². The van der Waals surface area contributed by atoms with E-state index in [0.29, 0.717) is 6.54 Å². The highest BCUT2D eigenvalue weighted by Gasteiger charge is 2.53. The number of amides is 3. The predicted octanol–water partition coefficient (Wildman–Crippen LogP) is 2.52. The second-order valence-electron chi connectivity index (χ2n) is 9.45. The number of fused-ring (bicyclic) bond motifs is 1. The van der Waals surface area contributed by atoms with Crippen molar-refractivity contribution in [2.24, 2.45) is 0 Å². The van der Waals surface area contributed by atoms with Crippen LogP contribution in [0.15, 0.2) is 60.9 Å². The highest BCUT2D eigenvalue weighted by molar-refractivity contribution is 6.07. The number of nitrogens with zero attached hydrogens (tertiary/aromatic N) is 3. The summed E-state index contributed by atoms with van der Waals surface area (Å²) in [5, 5.41) is 5.84. The Morgan fingerprint density at radius 3 is 2.36 bits per heavy atom. The Bertz CT molecular complexity index is 1280. The zero-order valence-corrected chi connectivity index (χ0v) is 20.4. The van der Waals surface area contributed by atoms with Crippen LogP contribution in [0.4, 0.5) is 0 Å². The number of ether oxygens (including phenoxy) is 1. The summed E-state index contributed by atoms with van der Waals surface area (Å²) in [5.41, 5.74) is 1.09. The summed E-state index contributed by atoms with van der Waals surface area (Å²) < 4.78 is 6.79. The lowest BCUT2D eigenvalue weighted by molar-refractivity contribution is -0.133. The second-order valence-corrected chi connectivity index (χ2v) is 9.45. The van der Waals surface area contributed by atoms with E-state index in [1.165, 1.54) is 6.33 Å². The molecule has 36 heavy (non-hydrogen) atoms. The molecule has 186 valence electrons. The van der Waals surface area contributed by atoms with Gasteiger partial charge in [-0.2, -0.15) is 0 Å². The lowest BCUT2D eigenvalue weighted by Crippen LogP contribution is -2.64. The molecule has 1 aliphatic heterocycles. The van der Waals surface area contributed by atoms with Gasteiger partial charge in [-0.15, -0.1) is 0 Å². The van der Waals surface area contributed by atoms with Crippen molar-refractivity contribution in [3.63, 3.8) is 0 Å². The van der Waals surface area contributed by atoms with E-state index in [-0.39, 0.29) is 42.3 Å². The number of imidazole rings is 1. The number of nitrogens with one attached hydrogen (secondary N) is 2. The van der Waals surface area contributed by atoms with Gasteiger partial charge in [-0.3, -0.25) is 14.4 Å². The van der Waals surface area contributed by atoms with Gasteiger partial charge in [-0.25, -0.2) is 4.98 Å². The molecule has 2 N–H and O–H groups in total. The standard InChI is InChI=1S/C27H29N5O4/c1-27(26(35)29-15-18-6-4-3-5-7-18)16-31-17-30-22(23(31)25(34)32(27)20-10-11-20)24(33)28-14-19-8-12-21(36-2)13-9-19/h3-9,12-13,17,20H,10-11,14-16H2,1-2H3,(H,28,33)(H,29,35)/t27-/m0/s1. The van der Waals surface area contributed by atoms with Crippen LogP contribution >= 0.6 is 0 Å². The number of rotatable bonds is 8. The maximum atomic E-state index is 13.7. The first kappa shape index (κ1) is 23.6. The minimum atomic E-state index is -1.09. The monoisotopic (exact) mass is 487 g/mol. The minimum absolute atomic E-state index is 0.0242. The van der Waals surface area contributed by atoms with Crippen LogP contribution < -0.4 is 15.4 Å². The molecule has 9 nitrogen and oxygen atoms in total. The van der Waals surface area contributed by atoms with Crippen molar-refractivity contribution in [2.45, 2.75) is 51.0 Å². The van der Waals surface area contributed by atoms with Gasteiger partial charge in [-0.1, -0.05) is 42.5 Å². The average molecular weight is 488 g/mol. The summed E-state index contributed by atoms with van der Waals surface area (Å²) >= 11 is 0. The molecule has 1 aliphatic carbocycles. The molecule has 9 heteroatoms. The first-order valence-electron chi connectivity index (χ1n) is 12.0. The van der Waals surface area contributed by atoms with Gasteiger partial charge in [-0.05, 0) is 43.0 Å². The topological polar surface area (TPSA) is 106 Å². The Hall–Kier alpha value is -4.14. The molecule has 1 atom stereocenters. The first-order chi connectivity index (χ1) is 17.4. The van der Waals surface area contributed by atoms with Crippen LogP contribution in [0.3, 0.4) is 0 Å². The number of benzene rings is 2. The molecule has 0 spiro atoms. The molecule has 1 fully saturated rings. The first-order valence-corrected chi connectivity index (χ1v) is 12.0. The number of aromatic nitrogens is 2. The van der Waals surface area contributed by atoms with Crippen molar-refractivity contribution < 1.29 is 19.1 Å². The maximum Gasteiger partial charge on any atom is 0.274 e. The summed E-state index contributed by atoms with van der Waals surface area (Å²) in [5.74, 6) is -0.264. The Morgan fingerprint density at radius 2 is 1.69 bits per heavy atom. The van der Waals surface area contributed by atoms with Gasteiger partial charge in [0, 0.05) is 19.1 Å². The second kappa shape index (κ2) is 9.49. The minimum Gasteiger partial charge on any atom is -0.497 e. The van der Waals surface area contributed by atoms with E-state index >= 15 is 0 Å². The summed E-state index contributed by atoms with van der Waals surface area (Å²) in [7, 11) is 1.60. The van der Waals surface area contributed by atoms with Gasteiger partial charge in [0.1, 0.15) is 17.0 Å². The molecule has 1 saturated carbocycles. The van der Waals surface area contributed by atoms with Crippen LogP contribution in [-0.2, 0) is 24.4 Å². The highest BCUT2D eigenvalue weighted by atomic mass is 16.5. The molecule has 3 aromatic rings. The van der Waals surface area contributed by atoms with E-state index < -0.39 is 11.4 Å². The van der Waals surface area contributed by atoms with Gasteiger partial charge in [0.05, 0.1) is 20.0 Å². The molecule has 5 rings (SSSR count). The Labute approximate surface area is 209 Å². The number of hydrogen-bond donors (Lipinski definition) is 2. The largest absolute Gasteiger partial charge is 0.497 e. The fourth-order valence-electron chi connectivity index (χ4n) is 4.70. The van der Waals surface area contributed by atoms with Crippen LogP contribution in [0.25, 0.3) is 0 Å². The lowest BCUT2D eigenvalue weighted by Gasteiger charge is -2.44. The lowest BCUT2D eigenvalue weighted by atomic mass is 9.93. The summed E-state index contributed by atoms with van der Waals surface area (Å²) in [4.78, 5) is 46.1. The number of carbonyl (C=O) groups excluding carboxylic acids is 3. The van der Waals surface area contributed by atoms with E-state index in [4.69, 9.17) is 4.74 Å². The Kier molecular flexibility index (Phi) is 6.22. The number of hydrogen-bond acceptors (Lipinski definition) is 5. The third-order valence-corrected chi connectivity index (χ3v) is 6.79. The SMILES string of the molecule is COc1ccc(CNC(=O)c2ncn3c2C(=O)N(C2CC2)[C@](C)(C(=O)NCc2ccccc2)C3)cc1. The molecule has 0 radical (unpaired) electrons. The molecular formula is C27H29N5O4.